The zero-order valence-electron chi connectivity index (χ0n) is 14.8. The van der Waals surface area contributed by atoms with Crippen molar-refractivity contribution in [3.05, 3.63) is 89.0 Å². The van der Waals surface area contributed by atoms with Crippen LogP contribution in [0.25, 0.3) is 5.57 Å². The zero-order chi connectivity index (χ0) is 18.5. The van der Waals surface area contributed by atoms with Crippen LogP contribution >= 0.6 is 0 Å². The Morgan fingerprint density at radius 1 is 0.885 bits per heavy atom. The molecule has 1 saturated carbocycles. The van der Waals surface area contributed by atoms with E-state index in [0.29, 0.717) is 0 Å². The fourth-order valence-electron chi connectivity index (χ4n) is 3.04. The lowest BCUT2D eigenvalue weighted by molar-refractivity contribution is 0.285. The van der Waals surface area contributed by atoms with Crippen LogP contribution in [0.4, 0.5) is 0 Å². The van der Waals surface area contributed by atoms with E-state index in [-0.39, 0.29) is 18.1 Å². The van der Waals surface area contributed by atoms with Crippen molar-refractivity contribution in [2.24, 2.45) is 0 Å². The third-order valence-corrected chi connectivity index (χ3v) is 4.57. The number of hydrogen-bond donors (Lipinski definition) is 3. The highest BCUT2D eigenvalue weighted by Gasteiger charge is 2.20. The van der Waals surface area contributed by atoms with Crippen LogP contribution in [-0.2, 0) is 0 Å². The van der Waals surface area contributed by atoms with Gasteiger partial charge in [0, 0.05) is 6.61 Å². The van der Waals surface area contributed by atoms with Crippen molar-refractivity contribution in [2.45, 2.75) is 25.7 Å². The quantitative estimate of drug-likeness (QED) is 0.621. The molecule has 3 N–H and O–H groups in total. The van der Waals surface area contributed by atoms with Crippen molar-refractivity contribution in [2.75, 3.05) is 6.61 Å². The van der Waals surface area contributed by atoms with Crippen molar-refractivity contribution < 1.29 is 15.3 Å². The molecule has 134 valence electrons. The highest BCUT2D eigenvalue weighted by Crippen LogP contribution is 2.39. The average molecular weight is 348 g/mol. The van der Waals surface area contributed by atoms with E-state index in [1.807, 2.05) is 24.3 Å². The molecule has 0 radical (unpaired) electrons. The van der Waals surface area contributed by atoms with Gasteiger partial charge in [0.2, 0.25) is 0 Å². The molecule has 1 aliphatic carbocycles. The van der Waals surface area contributed by atoms with Crippen LogP contribution in [-0.4, -0.2) is 21.9 Å². The standard InChI is InChI=1S/C23H24O3/c1-16-14-20(16)15-19(4-2-3-13-24)23(17-5-9-21(25)10-6-17)18-7-11-22(26)12-8-18/h5-12,15,24-26H,1-4,13-14H2/b20-15-. The summed E-state index contributed by atoms with van der Waals surface area (Å²) in [6.45, 7) is 4.21. The van der Waals surface area contributed by atoms with E-state index in [9.17, 15) is 10.2 Å². The van der Waals surface area contributed by atoms with Crippen molar-refractivity contribution >= 4 is 5.57 Å². The van der Waals surface area contributed by atoms with Crippen LogP contribution in [0.1, 0.15) is 36.8 Å². The second-order valence-corrected chi connectivity index (χ2v) is 6.62. The van der Waals surface area contributed by atoms with E-state index in [1.54, 1.807) is 24.3 Å². The Bertz CT molecular complexity index is 793. The maximum absolute atomic E-state index is 9.65. The molecule has 0 atom stereocenters. The molecule has 0 aliphatic heterocycles. The Balaban J connectivity index is 2.12. The number of aromatic hydroxyl groups is 2. The number of allylic oxidation sites excluding steroid dienone is 4. The van der Waals surface area contributed by atoms with E-state index in [0.717, 1.165) is 42.4 Å². The first-order valence-electron chi connectivity index (χ1n) is 8.90. The SMILES string of the molecule is C=C1C/C1=C/C(CCCCO)=C(c1ccc(O)cc1)c1ccc(O)cc1. The minimum Gasteiger partial charge on any atom is -0.508 e. The van der Waals surface area contributed by atoms with Crippen LogP contribution in [0, 0.1) is 0 Å². The molecule has 0 heterocycles. The summed E-state index contributed by atoms with van der Waals surface area (Å²) in [6, 6.07) is 14.4. The topological polar surface area (TPSA) is 60.7 Å². The number of benzene rings is 2. The van der Waals surface area contributed by atoms with Gasteiger partial charge in [-0.2, -0.15) is 0 Å². The molecular weight excluding hydrogens is 324 g/mol. The predicted octanol–water partition coefficient (Wildman–Crippen LogP) is 4.95. The van der Waals surface area contributed by atoms with Gasteiger partial charge in [0.15, 0.2) is 0 Å². The third kappa shape index (κ3) is 4.44. The Hall–Kier alpha value is -2.78. The molecule has 2 aromatic rings. The maximum atomic E-state index is 9.65. The van der Waals surface area contributed by atoms with Crippen molar-refractivity contribution in [3.63, 3.8) is 0 Å². The Labute approximate surface area is 154 Å². The number of aliphatic hydroxyl groups is 1. The molecule has 26 heavy (non-hydrogen) atoms. The molecule has 0 bridgehead atoms. The summed E-state index contributed by atoms with van der Waals surface area (Å²) in [4.78, 5) is 0. The maximum Gasteiger partial charge on any atom is 0.115 e. The lowest BCUT2D eigenvalue weighted by Gasteiger charge is -2.15. The minimum atomic E-state index is 0.185. The van der Waals surface area contributed by atoms with Gasteiger partial charge in [-0.25, -0.2) is 0 Å². The highest BCUT2D eigenvalue weighted by molar-refractivity contribution is 5.84. The summed E-state index contributed by atoms with van der Waals surface area (Å²) in [5.74, 6) is 0.462. The fourth-order valence-corrected chi connectivity index (χ4v) is 3.04. The average Bonchev–Trinajstić information content (AvgIpc) is 3.33. The summed E-state index contributed by atoms with van der Waals surface area (Å²) in [7, 11) is 0. The van der Waals surface area contributed by atoms with Gasteiger partial charge < -0.3 is 15.3 Å². The van der Waals surface area contributed by atoms with Crippen molar-refractivity contribution in [1.29, 1.82) is 0 Å². The van der Waals surface area contributed by atoms with Gasteiger partial charge in [-0.3, -0.25) is 0 Å². The molecule has 3 heteroatoms. The lowest BCUT2D eigenvalue weighted by atomic mass is 9.90. The summed E-state index contributed by atoms with van der Waals surface area (Å²) in [6.07, 6.45) is 5.64. The largest absolute Gasteiger partial charge is 0.508 e. The third-order valence-electron chi connectivity index (χ3n) is 4.57. The van der Waals surface area contributed by atoms with Gasteiger partial charge in [0.1, 0.15) is 11.5 Å². The van der Waals surface area contributed by atoms with E-state index in [1.165, 1.54) is 16.7 Å². The smallest absolute Gasteiger partial charge is 0.115 e. The van der Waals surface area contributed by atoms with Crippen LogP contribution in [0.3, 0.4) is 0 Å². The van der Waals surface area contributed by atoms with Crippen molar-refractivity contribution in [1.82, 2.24) is 0 Å². The molecular formula is C23H24O3. The minimum absolute atomic E-state index is 0.185. The number of rotatable bonds is 7. The van der Waals surface area contributed by atoms with Gasteiger partial charge >= 0.3 is 0 Å². The lowest BCUT2D eigenvalue weighted by Crippen LogP contribution is -1.95. The Morgan fingerprint density at radius 2 is 1.38 bits per heavy atom. The predicted molar refractivity (Wildman–Crippen MR) is 105 cm³/mol. The normalized spacial score (nSPS) is 14.5. The Kier molecular flexibility index (Phi) is 5.59. The van der Waals surface area contributed by atoms with E-state index in [2.05, 4.69) is 12.7 Å². The summed E-state index contributed by atoms with van der Waals surface area (Å²) in [5, 5.41) is 28.4. The summed E-state index contributed by atoms with van der Waals surface area (Å²) < 4.78 is 0. The molecule has 1 aliphatic rings. The molecule has 0 unspecified atom stereocenters. The molecule has 1 fully saturated rings. The molecule has 2 aromatic carbocycles. The molecule has 3 nitrogen and oxygen atoms in total. The van der Waals surface area contributed by atoms with Gasteiger partial charge in [-0.1, -0.05) is 36.9 Å². The van der Waals surface area contributed by atoms with Crippen LogP contribution in [0.5, 0.6) is 11.5 Å². The first-order valence-corrected chi connectivity index (χ1v) is 8.90. The summed E-state index contributed by atoms with van der Waals surface area (Å²) >= 11 is 0. The highest BCUT2D eigenvalue weighted by atomic mass is 16.3. The van der Waals surface area contributed by atoms with Crippen LogP contribution in [0.15, 0.2) is 77.9 Å². The second-order valence-electron chi connectivity index (χ2n) is 6.62. The van der Waals surface area contributed by atoms with E-state index < -0.39 is 0 Å². The molecule has 0 amide bonds. The number of phenolic OH excluding ortho intramolecular Hbond substituents is 2. The van der Waals surface area contributed by atoms with Crippen LogP contribution in [0.2, 0.25) is 0 Å². The van der Waals surface area contributed by atoms with Crippen molar-refractivity contribution in [3.8, 4) is 11.5 Å². The van der Waals surface area contributed by atoms with Crippen LogP contribution < -0.4 is 0 Å². The number of hydrogen-bond acceptors (Lipinski definition) is 3. The Morgan fingerprint density at radius 3 is 1.81 bits per heavy atom. The number of phenols is 2. The fraction of sp³-hybridized carbons (Fsp3) is 0.217. The summed E-state index contributed by atoms with van der Waals surface area (Å²) in [5.41, 5.74) is 6.71. The molecule has 3 rings (SSSR count). The number of aliphatic hydroxyl groups excluding tert-OH is 1. The first kappa shape index (κ1) is 18.0. The second kappa shape index (κ2) is 8.07. The van der Waals surface area contributed by atoms with Gasteiger partial charge in [-0.15, -0.1) is 0 Å². The zero-order valence-corrected chi connectivity index (χ0v) is 14.8. The monoisotopic (exact) mass is 348 g/mol. The molecule has 0 spiro atoms. The van der Waals surface area contributed by atoms with E-state index in [4.69, 9.17) is 5.11 Å². The van der Waals surface area contributed by atoms with Gasteiger partial charge in [0.05, 0.1) is 0 Å². The first-order chi connectivity index (χ1) is 12.6. The van der Waals surface area contributed by atoms with Gasteiger partial charge in [0.25, 0.3) is 0 Å². The van der Waals surface area contributed by atoms with Gasteiger partial charge in [-0.05, 0) is 83.4 Å². The number of unbranched alkanes of at least 4 members (excludes halogenated alkanes) is 1. The van der Waals surface area contributed by atoms with E-state index >= 15 is 0 Å². The molecule has 0 aromatic heterocycles. The molecule has 0 saturated heterocycles.